The van der Waals surface area contributed by atoms with Crippen molar-refractivity contribution in [2.24, 2.45) is 5.73 Å². The molecule has 0 aromatic heterocycles. The van der Waals surface area contributed by atoms with Crippen LogP contribution in [0.3, 0.4) is 0 Å². The van der Waals surface area contributed by atoms with Crippen molar-refractivity contribution in [1.82, 2.24) is 10.2 Å². The molecule has 4 nitrogen and oxygen atoms in total. The molecule has 82 valence electrons. The van der Waals surface area contributed by atoms with Gasteiger partial charge in [0.1, 0.15) is 0 Å². The minimum absolute atomic E-state index is 0.00738. The summed E-state index contributed by atoms with van der Waals surface area (Å²) >= 11 is 0. The molecule has 1 heterocycles. The van der Waals surface area contributed by atoms with Crippen molar-refractivity contribution in [3.05, 3.63) is 0 Å². The van der Waals surface area contributed by atoms with Crippen LogP contribution in [0, 0.1) is 0 Å². The van der Waals surface area contributed by atoms with Crippen LogP contribution in [0.1, 0.15) is 34.1 Å². The van der Waals surface area contributed by atoms with Gasteiger partial charge in [-0.15, -0.1) is 0 Å². The van der Waals surface area contributed by atoms with Gasteiger partial charge in [0, 0.05) is 18.6 Å². The van der Waals surface area contributed by atoms with Gasteiger partial charge in [-0.1, -0.05) is 6.92 Å². The normalized spacial score (nSPS) is 20.2. The lowest BCUT2D eigenvalue weighted by molar-refractivity contribution is 0.0895. The molecule has 0 aromatic rings. The Morgan fingerprint density at radius 1 is 1.50 bits per heavy atom. The van der Waals surface area contributed by atoms with Gasteiger partial charge in [0.2, 0.25) is 0 Å². The number of likely N-dealkylation sites (tertiary alicyclic amines) is 1. The van der Waals surface area contributed by atoms with E-state index in [1.807, 2.05) is 20.8 Å². The van der Waals surface area contributed by atoms with Crippen LogP contribution < -0.4 is 11.1 Å². The van der Waals surface area contributed by atoms with Crippen molar-refractivity contribution in [3.63, 3.8) is 0 Å². The van der Waals surface area contributed by atoms with Crippen LogP contribution in [0.5, 0.6) is 0 Å². The van der Waals surface area contributed by atoms with Crippen LogP contribution in [0.15, 0.2) is 0 Å². The largest absolute Gasteiger partial charge is 0.333 e. The lowest BCUT2D eigenvalue weighted by Gasteiger charge is -2.47. The average Bonchev–Trinajstić information content (AvgIpc) is 1.95. The molecule has 0 spiro atoms. The fraction of sp³-hybridized carbons (Fsp3) is 0.900. The van der Waals surface area contributed by atoms with Crippen LogP contribution in [-0.2, 0) is 0 Å². The van der Waals surface area contributed by atoms with Crippen LogP contribution in [0.2, 0.25) is 0 Å². The molecule has 1 aliphatic heterocycles. The summed E-state index contributed by atoms with van der Waals surface area (Å²) in [6, 6.07) is -0.00738. The second-order valence-electron chi connectivity index (χ2n) is 5.25. The lowest BCUT2D eigenvalue weighted by Crippen LogP contribution is -2.70. The number of carbonyl (C=O) groups excluding carboxylic acids is 1. The number of nitrogens with zero attached hydrogens (tertiary/aromatic N) is 1. The first kappa shape index (κ1) is 11.3. The molecule has 3 N–H and O–H groups in total. The van der Waals surface area contributed by atoms with E-state index >= 15 is 0 Å². The summed E-state index contributed by atoms with van der Waals surface area (Å²) in [4.78, 5) is 13.4. The van der Waals surface area contributed by atoms with Crippen molar-refractivity contribution in [2.75, 3.05) is 13.1 Å². The molecule has 1 rings (SSSR count). The third-order valence-electron chi connectivity index (χ3n) is 2.48. The van der Waals surface area contributed by atoms with Crippen molar-refractivity contribution in [3.8, 4) is 0 Å². The highest BCUT2D eigenvalue weighted by molar-refractivity contribution is 5.76. The summed E-state index contributed by atoms with van der Waals surface area (Å²) in [6.07, 6.45) is 0.923. The van der Waals surface area contributed by atoms with Gasteiger partial charge in [0.25, 0.3) is 0 Å². The van der Waals surface area contributed by atoms with E-state index in [0.717, 1.165) is 6.42 Å². The maximum Gasteiger partial charge on any atom is 0.317 e. The third-order valence-corrected chi connectivity index (χ3v) is 2.48. The van der Waals surface area contributed by atoms with Gasteiger partial charge in [-0.05, 0) is 27.2 Å². The van der Waals surface area contributed by atoms with Crippen LogP contribution in [0.25, 0.3) is 0 Å². The molecule has 4 heteroatoms. The van der Waals surface area contributed by atoms with Gasteiger partial charge in [0.15, 0.2) is 0 Å². The van der Waals surface area contributed by atoms with Gasteiger partial charge < -0.3 is 16.0 Å². The van der Waals surface area contributed by atoms with Crippen molar-refractivity contribution >= 4 is 6.03 Å². The number of urea groups is 1. The number of nitrogens with two attached hydrogens (primary N) is 1. The van der Waals surface area contributed by atoms with Crippen LogP contribution in [-0.4, -0.2) is 35.1 Å². The predicted molar refractivity (Wildman–Crippen MR) is 57.1 cm³/mol. The van der Waals surface area contributed by atoms with Crippen LogP contribution in [0.4, 0.5) is 4.79 Å². The summed E-state index contributed by atoms with van der Waals surface area (Å²) < 4.78 is 0. The monoisotopic (exact) mass is 199 g/mol. The van der Waals surface area contributed by atoms with E-state index in [4.69, 9.17) is 5.73 Å². The molecule has 14 heavy (non-hydrogen) atoms. The fourth-order valence-corrected chi connectivity index (χ4v) is 1.48. The molecular formula is C10H21N3O. The molecule has 0 aromatic carbocycles. The Balaban J connectivity index is 2.37. The Labute approximate surface area is 85.8 Å². The van der Waals surface area contributed by atoms with E-state index < -0.39 is 0 Å². The Kier molecular flexibility index (Phi) is 2.76. The third kappa shape index (κ3) is 2.61. The fourth-order valence-electron chi connectivity index (χ4n) is 1.48. The van der Waals surface area contributed by atoms with Crippen LogP contribution >= 0.6 is 0 Å². The van der Waals surface area contributed by atoms with E-state index in [1.165, 1.54) is 0 Å². The molecule has 1 aliphatic rings. The Morgan fingerprint density at radius 2 is 2.00 bits per heavy atom. The van der Waals surface area contributed by atoms with Gasteiger partial charge in [-0.25, -0.2) is 4.79 Å². The molecule has 0 aliphatic carbocycles. The van der Waals surface area contributed by atoms with Gasteiger partial charge >= 0.3 is 6.03 Å². The number of nitrogens with one attached hydrogen (secondary N) is 1. The van der Waals surface area contributed by atoms with Crippen molar-refractivity contribution in [2.45, 2.75) is 45.2 Å². The summed E-state index contributed by atoms with van der Waals surface area (Å²) in [7, 11) is 0. The molecule has 0 bridgehead atoms. The number of hydrogen-bond donors (Lipinski definition) is 2. The maximum atomic E-state index is 11.6. The molecule has 0 saturated carbocycles. The van der Waals surface area contributed by atoms with E-state index in [9.17, 15) is 4.79 Å². The molecular weight excluding hydrogens is 178 g/mol. The highest BCUT2D eigenvalue weighted by atomic mass is 16.2. The van der Waals surface area contributed by atoms with E-state index in [1.54, 1.807) is 4.90 Å². The molecule has 0 unspecified atom stereocenters. The number of rotatable bonds is 1. The first-order chi connectivity index (χ1) is 6.26. The second kappa shape index (κ2) is 3.42. The van der Waals surface area contributed by atoms with E-state index in [-0.39, 0.29) is 17.1 Å². The Hall–Kier alpha value is -0.770. The predicted octanol–water partition coefficient (Wildman–Crippen LogP) is 0.918. The number of hydrogen-bond acceptors (Lipinski definition) is 2. The van der Waals surface area contributed by atoms with Crippen molar-refractivity contribution < 1.29 is 4.79 Å². The highest BCUT2D eigenvalue weighted by Crippen LogP contribution is 2.21. The smallest absolute Gasteiger partial charge is 0.317 e. The summed E-state index contributed by atoms with van der Waals surface area (Å²) in [6.45, 7) is 9.32. The molecule has 2 amide bonds. The quantitative estimate of drug-likeness (QED) is 0.659. The molecule has 0 atom stereocenters. The molecule has 1 fully saturated rings. The number of amides is 2. The summed E-state index contributed by atoms with van der Waals surface area (Å²) in [5, 5.41) is 2.91. The van der Waals surface area contributed by atoms with Gasteiger partial charge in [-0.2, -0.15) is 0 Å². The van der Waals surface area contributed by atoms with Gasteiger partial charge in [-0.3, -0.25) is 0 Å². The van der Waals surface area contributed by atoms with Crippen molar-refractivity contribution in [1.29, 1.82) is 0 Å². The SMILES string of the molecule is CCC1(N)CN(C(=O)NC(C)(C)C)C1. The Morgan fingerprint density at radius 3 is 2.36 bits per heavy atom. The number of carbonyl (C=O) groups is 1. The highest BCUT2D eigenvalue weighted by Gasteiger charge is 2.40. The maximum absolute atomic E-state index is 11.6. The Bertz CT molecular complexity index is 226. The topological polar surface area (TPSA) is 58.4 Å². The minimum atomic E-state index is -0.170. The zero-order valence-corrected chi connectivity index (χ0v) is 9.55. The minimum Gasteiger partial charge on any atom is -0.333 e. The summed E-state index contributed by atoms with van der Waals surface area (Å²) in [5.41, 5.74) is 5.66. The van der Waals surface area contributed by atoms with E-state index in [2.05, 4.69) is 12.2 Å². The molecule has 0 radical (unpaired) electrons. The first-order valence-electron chi connectivity index (χ1n) is 5.12. The van der Waals surface area contributed by atoms with E-state index in [0.29, 0.717) is 13.1 Å². The lowest BCUT2D eigenvalue weighted by atomic mass is 9.88. The summed E-state index contributed by atoms with van der Waals surface area (Å²) in [5.74, 6) is 0. The second-order valence-corrected chi connectivity index (χ2v) is 5.25. The van der Waals surface area contributed by atoms with Gasteiger partial charge in [0.05, 0.1) is 5.54 Å². The zero-order valence-electron chi connectivity index (χ0n) is 9.55. The zero-order chi connectivity index (χ0) is 11.0. The first-order valence-corrected chi connectivity index (χ1v) is 5.12. The standard InChI is InChI=1S/C10H21N3O/c1-5-10(11)6-13(7-10)8(14)12-9(2,3)4/h5-7,11H2,1-4H3,(H,12,14). The molecule has 1 saturated heterocycles. The average molecular weight is 199 g/mol.